The van der Waals surface area contributed by atoms with Crippen molar-refractivity contribution in [2.45, 2.75) is 32.8 Å². The van der Waals surface area contributed by atoms with Crippen molar-refractivity contribution in [3.63, 3.8) is 0 Å². The van der Waals surface area contributed by atoms with E-state index in [0.717, 1.165) is 5.56 Å². The number of ketones is 1. The van der Waals surface area contributed by atoms with Gasteiger partial charge in [0.2, 0.25) is 6.10 Å². The van der Waals surface area contributed by atoms with E-state index in [1.54, 1.807) is 19.9 Å². The molecule has 2 atom stereocenters. The highest BCUT2D eigenvalue weighted by Crippen LogP contribution is 2.43. The van der Waals surface area contributed by atoms with Crippen molar-refractivity contribution in [2.24, 2.45) is 0 Å². The van der Waals surface area contributed by atoms with Crippen LogP contribution in [0.25, 0.3) is 0 Å². The number of hydrogen-bond acceptors (Lipinski definition) is 5. The molecule has 1 aromatic carbocycles. The lowest BCUT2D eigenvalue weighted by Gasteiger charge is -2.15. The Balaban J connectivity index is 2.06. The summed E-state index contributed by atoms with van der Waals surface area (Å²) in [6, 6.07) is 9.12. The van der Waals surface area contributed by atoms with E-state index >= 15 is 0 Å². The Labute approximate surface area is 134 Å². The fraction of sp³-hybridized carbons (Fsp3) is 0.333. The van der Waals surface area contributed by atoms with E-state index in [1.807, 2.05) is 24.3 Å². The molecule has 0 N–H and O–H groups in total. The Bertz CT molecular complexity index is 759. The summed E-state index contributed by atoms with van der Waals surface area (Å²) in [5, 5.41) is 0. The first-order valence-electron chi connectivity index (χ1n) is 7.56. The van der Waals surface area contributed by atoms with Gasteiger partial charge in [-0.05, 0) is 32.9 Å². The summed E-state index contributed by atoms with van der Waals surface area (Å²) in [7, 11) is 0. The lowest BCUT2D eigenvalue weighted by atomic mass is 9.92. The van der Waals surface area contributed by atoms with E-state index in [0.29, 0.717) is 22.8 Å². The number of benzene rings is 1. The Hall–Kier alpha value is -2.56. The van der Waals surface area contributed by atoms with Crippen molar-refractivity contribution in [1.82, 2.24) is 0 Å². The van der Waals surface area contributed by atoms with Gasteiger partial charge in [-0.15, -0.1) is 0 Å². The van der Waals surface area contributed by atoms with Gasteiger partial charge < -0.3 is 13.9 Å². The molecule has 23 heavy (non-hydrogen) atoms. The van der Waals surface area contributed by atoms with E-state index in [4.69, 9.17) is 13.9 Å². The van der Waals surface area contributed by atoms with Crippen molar-refractivity contribution in [3.05, 3.63) is 53.0 Å². The fourth-order valence-corrected chi connectivity index (χ4v) is 2.93. The Morgan fingerprint density at radius 1 is 1.26 bits per heavy atom. The van der Waals surface area contributed by atoms with E-state index in [1.165, 1.54) is 6.92 Å². The molecule has 2 aromatic rings. The van der Waals surface area contributed by atoms with Crippen LogP contribution in [-0.2, 0) is 9.53 Å². The molecular weight excluding hydrogens is 296 g/mol. The molecular formula is C18H18O5. The maximum absolute atomic E-state index is 12.3. The molecule has 1 aromatic heterocycles. The number of carbonyl (C=O) groups is 2. The summed E-state index contributed by atoms with van der Waals surface area (Å²) in [5.41, 5.74) is 1.38. The summed E-state index contributed by atoms with van der Waals surface area (Å²) in [6.07, 6.45) is -0.808. The molecule has 120 valence electrons. The number of Topliss-reactive ketones (excluding diaryl/α,β-unsaturated/α-hetero) is 1. The molecule has 0 aliphatic carbocycles. The molecule has 0 radical (unpaired) electrons. The molecule has 0 fully saturated rings. The van der Waals surface area contributed by atoms with E-state index < -0.39 is 18.0 Å². The average molecular weight is 314 g/mol. The van der Waals surface area contributed by atoms with Crippen LogP contribution in [0.2, 0.25) is 0 Å². The zero-order valence-corrected chi connectivity index (χ0v) is 13.3. The summed E-state index contributed by atoms with van der Waals surface area (Å²) in [6.45, 7) is 5.25. The van der Waals surface area contributed by atoms with Gasteiger partial charge in [-0.3, -0.25) is 4.79 Å². The van der Waals surface area contributed by atoms with Gasteiger partial charge in [-0.2, -0.15) is 0 Å². The molecule has 0 amide bonds. The normalized spacial score (nSPS) is 19.1. The van der Waals surface area contributed by atoms with E-state index in [2.05, 4.69) is 0 Å². The summed E-state index contributed by atoms with van der Waals surface area (Å²) in [4.78, 5) is 23.9. The van der Waals surface area contributed by atoms with Crippen LogP contribution >= 0.6 is 0 Å². The molecule has 3 rings (SSSR count). The molecule has 5 nitrogen and oxygen atoms in total. The fourth-order valence-electron chi connectivity index (χ4n) is 2.93. The molecule has 1 aliphatic rings. The van der Waals surface area contributed by atoms with Gasteiger partial charge >= 0.3 is 5.97 Å². The quantitative estimate of drug-likeness (QED) is 0.640. The zero-order valence-electron chi connectivity index (χ0n) is 13.3. The maximum Gasteiger partial charge on any atom is 0.348 e. The van der Waals surface area contributed by atoms with E-state index in [9.17, 15) is 9.59 Å². The van der Waals surface area contributed by atoms with Crippen LogP contribution in [0.5, 0.6) is 5.75 Å². The number of aryl methyl sites for hydroxylation is 1. The Kier molecular flexibility index (Phi) is 3.94. The second kappa shape index (κ2) is 5.91. The average Bonchev–Trinajstić information content (AvgIpc) is 3.07. The molecule has 1 aliphatic heterocycles. The predicted octanol–water partition coefficient (Wildman–Crippen LogP) is 3.25. The van der Waals surface area contributed by atoms with Crippen LogP contribution < -0.4 is 4.74 Å². The van der Waals surface area contributed by atoms with Gasteiger partial charge in [0.15, 0.2) is 5.78 Å². The lowest BCUT2D eigenvalue weighted by Crippen LogP contribution is -2.31. The van der Waals surface area contributed by atoms with Gasteiger partial charge in [-0.25, -0.2) is 4.79 Å². The highest BCUT2D eigenvalue weighted by atomic mass is 16.6. The highest BCUT2D eigenvalue weighted by molar-refractivity contribution is 5.95. The Morgan fingerprint density at radius 3 is 2.65 bits per heavy atom. The smallest absolute Gasteiger partial charge is 0.348 e. The third kappa shape index (κ3) is 2.63. The lowest BCUT2D eigenvalue weighted by molar-refractivity contribution is -0.151. The molecule has 5 heteroatoms. The zero-order chi connectivity index (χ0) is 16.6. The van der Waals surface area contributed by atoms with Gasteiger partial charge in [0.05, 0.1) is 18.1 Å². The summed E-state index contributed by atoms with van der Waals surface area (Å²) < 4.78 is 16.7. The number of ether oxygens (including phenoxy) is 2. The number of fused-ring (bicyclic) bond motifs is 1. The van der Waals surface area contributed by atoms with Crippen molar-refractivity contribution in [3.8, 4) is 5.75 Å². The second-order valence-electron chi connectivity index (χ2n) is 5.48. The number of hydrogen-bond donors (Lipinski definition) is 0. The van der Waals surface area contributed by atoms with Crippen molar-refractivity contribution >= 4 is 11.8 Å². The van der Waals surface area contributed by atoms with Crippen molar-refractivity contribution < 1.29 is 23.5 Å². The van der Waals surface area contributed by atoms with Crippen LogP contribution in [0.4, 0.5) is 0 Å². The monoisotopic (exact) mass is 314 g/mol. The number of carbonyl (C=O) groups excluding carboxylic acids is 2. The van der Waals surface area contributed by atoms with E-state index in [-0.39, 0.29) is 12.4 Å². The van der Waals surface area contributed by atoms with Crippen molar-refractivity contribution in [1.29, 1.82) is 0 Å². The van der Waals surface area contributed by atoms with Gasteiger partial charge in [-0.1, -0.05) is 18.2 Å². The van der Waals surface area contributed by atoms with Crippen LogP contribution in [0, 0.1) is 6.92 Å². The largest absolute Gasteiger partial charge is 0.477 e. The van der Waals surface area contributed by atoms with Gasteiger partial charge in [0, 0.05) is 5.56 Å². The van der Waals surface area contributed by atoms with Crippen LogP contribution in [0.1, 0.15) is 47.2 Å². The van der Waals surface area contributed by atoms with Gasteiger partial charge in [0.25, 0.3) is 0 Å². The third-order valence-corrected chi connectivity index (χ3v) is 3.95. The molecule has 0 saturated carbocycles. The topological polar surface area (TPSA) is 65.7 Å². The first kappa shape index (κ1) is 15.3. The van der Waals surface area contributed by atoms with Crippen LogP contribution in [-0.4, -0.2) is 24.5 Å². The molecule has 0 unspecified atom stereocenters. The number of para-hydroxylation sites is 1. The van der Waals surface area contributed by atoms with Gasteiger partial charge in [0.1, 0.15) is 17.3 Å². The predicted molar refractivity (Wildman–Crippen MR) is 82.8 cm³/mol. The minimum absolute atomic E-state index is 0.0719. The SMILES string of the molecule is CCOC(=O)[C@@H]1Oc2ccccc2[C@@H]1c1cc(C(C)=O)c(C)o1. The molecule has 0 bridgehead atoms. The Morgan fingerprint density at radius 2 is 2.00 bits per heavy atom. The third-order valence-electron chi connectivity index (χ3n) is 3.95. The molecule has 2 heterocycles. The van der Waals surface area contributed by atoms with Crippen molar-refractivity contribution in [2.75, 3.05) is 6.61 Å². The first-order valence-corrected chi connectivity index (χ1v) is 7.56. The standard InChI is InChI=1S/C18H18O5/c1-4-21-18(20)17-16(12-7-5-6-8-14(12)23-17)15-9-13(10(2)19)11(3)22-15/h5-9,16-17H,4H2,1-3H3/t16-,17-/m1/s1. The number of furan rings is 1. The molecule has 0 saturated heterocycles. The highest BCUT2D eigenvalue weighted by Gasteiger charge is 2.43. The van der Waals surface area contributed by atoms with Crippen LogP contribution in [0.15, 0.2) is 34.7 Å². The number of esters is 1. The summed E-state index contributed by atoms with van der Waals surface area (Å²) >= 11 is 0. The van der Waals surface area contributed by atoms with Crippen LogP contribution in [0.3, 0.4) is 0 Å². The first-order chi connectivity index (χ1) is 11.0. The number of rotatable bonds is 4. The minimum Gasteiger partial charge on any atom is -0.477 e. The minimum atomic E-state index is -0.808. The maximum atomic E-state index is 12.3. The molecule has 0 spiro atoms. The second-order valence-corrected chi connectivity index (χ2v) is 5.48. The summed E-state index contributed by atoms with van der Waals surface area (Å²) in [5.74, 6) is 0.783.